The number of hydrogen-bond acceptors (Lipinski definition) is 2. The molecule has 0 heterocycles. The first-order valence-corrected chi connectivity index (χ1v) is 8.70. The van der Waals surface area contributed by atoms with Crippen molar-refractivity contribution in [3.05, 3.63) is 63.1 Å². The number of anilines is 1. The van der Waals surface area contributed by atoms with Crippen LogP contribution in [-0.2, 0) is 15.8 Å². The van der Waals surface area contributed by atoms with Gasteiger partial charge in [0.1, 0.15) is 0 Å². The van der Waals surface area contributed by atoms with Gasteiger partial charge in [-0.2, -0.15) is 0 Å². The molecule has 20 heavy (non-hydrogen) atoms. The van der Waals surface area contributed by atoms with E-state index in [0.29, 0.717) is 16.3 Å². The Morgan fingerprint density at radius 2 is 1.90 bits per heavy atom. The summed E-state index contributed by atoms with van der Waals surface area (Å²) in [6.45, 7) is 1.90. The number of benzene rings is 2. The fraction of sp³-hybridized carbons (Fsp3) is 0.143. The van der Waals surface area contributed by atoms with Crippen LogP contribution in [0, 0.1) is 6.92 Å². The second-order valence-corrected chi connectivity index (χ2v) is 7.40. The lowest BCUT2D eigenvalue weighted by Crippen LogP contribution is -2.15. The zero-order valence-corrected chi connectivity index (χ0v) is 13.9. The van der Waals surface area contributed by atoms with Gasteiger partial charge in [-0.1, -0.05) is 45.7 Å². The maximum absolute atomic E-state index is 12.1. The lowest BCUT2D eigenvalue weighted by atomic mass is 10.2. The Hall–Kier alpha value is -1.04. The molecule has 0 aliphatic carbocycles. The van der Waals surface area contributed by atoms with E-state index in [9.17, 15) is 8.42 Å². The molecule has 0 saturated carbocycles. The van der Waals surface area contributed by atoms with Crippen molar-refractivity contribution in [2.75, 3.05) is 4.72 Å². The summed E-state index contributed by atoms with van der Waals surface area (Å²) >= 11 is 9.36. The first-order valence-electron chi connectivity index (χ1n) is 5.87. The molecule has 2 aromatic carbocycles. The highest BCUT2D eigenvalue weighted by Gasteiger charge is 2.14. The number of aryl methyl sites for hydroxylation is 1. The summed E-state index contributed by atoms with van der Waals surface area (Å²) in [5.74, 6) is -0.151. The molecule has 2 rings (SSSR count). The standard InChI is InChI=1S/C14H13BrClNO2S/c1-10-8-12(6-7-13(10)15)17-20(18,19)9-11-4-2-3-5-14(11)16/h2-8,17H,9H2,1H3. The summed E-state index contributed by atoms with van der Waals surface area (Å²) in [6, 6.07) is 12.2. The van der Waals surface area contributed by atoms with Crippen LogP contribution in [0.3, 0.4) is 0 Å². The van der Waals surface area contributed by atoms with Crippen LogP contribution in [0.4, 0.5) is 5.69 Å². The van der Waals surface area contributed by atoms with Crippen LogP contribution in [0.25, 0.3) is 0 Å². The summed E-state index contributed by atoms with van der Waals surface area (Å²) in [5, 5.41) is 0.449. The normalized spacial score (nSPS) is 11.3. The van der Waals surface area contributed by atoms with E-state index >= 15 is 0 Å². The fourth-order valence-electron chi connectivity index (χ4n) is 1.74. The largest absolute Gasteiger partial charge is 0.283 e. The SMILES string of the molecule is Cc1cc(NS(=O)(=O)Cc2ccccc2Cl)ccc1Br. The van der Waals surface area contributed by atoms with Gasteiger partial charge in [-0.3, -0.25) is 4.72 Å². The predicted molar refractivity (Wildman–Crippen MR) is 86.6 cm³/mol. The molecule has 1 N–H and O–H groups in total. The van der Waals surface area contributed by atoms with Gasteiger partial charge >= 0.3 is 0 Å². The van der Waals surface area contributed by atoms with Crippen LogP contribution in [0.15, 0.2) is 46.9 Å². The third-order valence-corrected chi connectivity index (χ3v) is 5.23. The Bertz CT molecular complexity index is 732. The zero-order valence-electron chi connectivity index (χ0n) is 10.7. The third-order valence-electron chi connectivity index (χ3n) is 2.73. The first-order chi connectivity index (χ1) is 9.37. The zero-order chi connectivity index (χ0) is 14.8. The van der Waals surface area contributed by atoms with Gasteiger partial charge in [-0.15, -0.1) is 0 Å². The molecule has 0 spiro atoms. The molecule has 0 radical (unpaired) electrons. The van der Waals surface area contributed by atoms with Gasteiger partial charge < -0.3 is 0 Å². The van der Waals surface area contributed by atoms with Crippen molar-refractivity contribution in [1.29, 1.82) is 0 Å². The molecule has 3 nitrogen and oxygen atoms in total. The minimum absolute atomic E-state index is 0.151. The Morgan fingerprint density at radius 1 is 1.20 bits per heavy atom. The van der Waals surface area contributed by atoms with Crippen molar-refractivity contribution in [2.45, 2.75) is 12.7 Å². The first kappa shape index (κ1) is 15.4. The van der Waals surface area contributed by atoms with Gasteiger partial charge in [0.05, 0.1) is 5.75 Å². The molecular formula is C14H13BrClNO2S. The van der Waals surface area contributed by atoms with Gasteiger partial charge in [-0.25, -0.2) is 8.42 Å². The highest BCUT2D eigenvalue weighted by molar-refractivity contribution is 9.10. The summed E-state index contributed by atoms with van der Waals surface area (Å²) in [4.78, 5) is 0. The van der Waals surface area contributed by atoms with E-state index in [4.69, 9.17) is 11.6 Å². The van der Waals surface area contributed by atoms with E-state index in [0.717, 1.165) is 10.0 Å². The van der Waals surface area contributed by atoms with Crippen molar-refractivity contribution in [1.82, 2.24) is 0 Å². The second kappa shape index (κ2) is 6.16. The maximum atomic E-state index is 12.1. The van der Waals surface area contributed by atoms with Crippen molar-refractivity contribution >= 4 is 43.2 Å². The minimum Gasteiger partial charge on any atom is -0.283 e. The monoisotopic (exact) mass is 373 g/mol. The number of nitrogens with one attached hydrogen (secondary N) is 1. The van der Waals surface area contributed by atoms with Crippen molar-refractivity contribution in [3.63, 3.8) is 0 Å². The molecular weight excluding hydrogens is 362 g/mol. The highest BCUT2D eigenvalue weighted by atomic mass is 79.9. The quantitative estimate of drug-likeness (QED) is 0.864. The van der Waals surface area contributed by atoms with Crippen LogP contribution in [0.1, 0.15) is 11.1 Å². The molecule has 106 valence electrons. The third kappa shape index (κ3) is 3.98. The molecule has 0 aliphatic rings. The maximum Gasteiger partial charge on any atom is 0.236 e. The average Bonchev–Trinajstić information content (AvgIpc) is 2.36. The lowest BCUT2D eigenvalue weighted by Gasteiger charge is -2.10. The molecule has 0 atom stereocenters. The van der Waals surface area contributed by atoms with Crippen LogP contribution >= 0.6 is 27.5 Å². The predicted octanol–water partition coefficient (Wildman–Crippen LogP) is 4.35. The number of rotatable bonds is 4. The van der Waals surface area contributed by atoms with Crippen LogP contribution in [0.2, 0.25) is 5.02 Å². The van der Waals surface area contributed by atoms with Crippen molar-refractivity contribution in [2.24, 2.45) is 0 Å². The summed E-state index contributed by atoms with van der Waals surface area (Å²) in [6.07, 6.45) is 0. The molecule has 0 aromatic heterocycles. The Kier molecular flexibility index (Phi) is 4.73. The molecule has 0 amide bonds. The Morgan fingerprint density at radius 3 is 2.55 bits per heavy atom. The van der Waals surface area contributed by atoms with Gasteiger partial charge in [0.2, 0.25) is 10.0 Å². The topological polar surface area (TPSA) is 46.2 Å². The van der Waals surface area contributed by atoms with E-state index in [1.54, 1.807) is 36.4 Å². The van der Waals surface area contributed by atoms with Crippen molar-refractivity contribution < 1.29 is 8.42 Å². The van der Waals surface area contributed by atoms with E-state index in [1.807, 2.05) is 13.0 Å². The fourth-order valence-corrected chi connectivity index (χ4v) is 3.49. The molecule has 0 bridgehead atoms. The molecule has 2 aromatic rings. The lowest BCUT2D eigenvalue weighted by molar-refractivity contribution is 0.600. The van der Waals surface area contributed by atoms with Crippen LogP contribution < -0.4 is 4.72 Å². The molecule has 6 heteroatoms. The van der Waals surface area contributed by atoms with Gasteiger partial charge in [0.25, 0.3) is 0 Å². The Balaban J connectivity index is 2.19. The molecule has 0 unspecified atom stereocenters. The summed E-state index contributed by atoms with van der Waals surface area (Å²) in [7, 11) is -3.49. The van der Waals surface area contributed by atoms with Gasteiger partial charge in [0.15, 0.2) is 0 Å². The minimum atomic E-state index is -3.49. The van der Waals surface area contributed by atoms with Gasteiger partial charge in [0, 0.05) is 15.2 Å². The Labute approximate surface area is 132 Å². The smallest absolute Gasteiger partial charge is 0.236 e. The molecule has 0 saturated heterocycles. The van der Waals surface area contributed by atoms with E-state index in [1.165, 1.54) is 0 Å². The van der Waals surface area contributed by atoms with Crippen molar-refractivity contribution in [3.8, 4) is 0 Å². The van der Waals surface area contributed by atoms with E-state index in [2.05, 4.69) is 20.7 Å². The molecule has 0 aliphatic heterocycles. The molecule has 0 fully saturated rings. The van der Waals surface area contributed by atoms with Crippen LogP contribution in [-0.4, -0.2) is 8.42 Å². The highest BCUT2D eigenvalue weighted by Crippen LogP contribution is 2.22. The second-order valence-electron chi connectivity index (χ2n) is 4.42. The summed E-state index contributed by atoms with van der Waals surface area (Å²) < 4.78 is 27.8. The number of hydrogen-bond donors (Lipinski definition) is 1. The van der Waals surface area contributed by atoms with E-state index in [-0.39, 0.29) is 5.75 Å². The van der Waals surface area contributed by atoms with Crippen LogP contribution in [0.5, 0.6) is 0 Å². The van der Waals surface area contributed by atoms with E-state index < -0.39 is 10.0 Å². The summed E-state index contributed by atoms with van der Waals surface area (Å²) in [5.41, 5.74) is 2.08. The number of sulfonamides is 1. The number of halogens is 2. The average molecular weight is 375 g/mol. The van der Waals surface area contributed by atoms with Gasteiger partial charge in [-0.05, 0) is 42.3 Å².